The minimum Gasteiger partial charge on any atom is -0.314 e. The molecule has 2 heterocycles. The van der Waals surface area contributed by atoms with Crippen molar-refractivity contribution in [1.82, 2.24) is 0 Å². The lowest BCUT2D eigenvalue weighted by atomic mass is 10.1. The molecule has 9 heavy (non-hydrogen) atoms. The second-order valence-electron chi connectivity index (χ2n) is 4.68. The third-order valence-corrected chi connectivity index (χ3v) is 3.70. The van der Waals surface area contributed by atoms with Gasteiger partial charge in [-0.25, -0.2) is 0 Å². The molecule has 3 rings (SSSR count). The summed E-state index contributed by atoms with van der Waals surface area (Å²) < 4.78 is 1.52. The first-order chi connectivity index (χ1) is 4.23. The van der Waals surface area contributed by atoms with Gasteiger partial charge in [-0.1, -0.05) is 6.92 Å². The van der Waals surface area contributed by atoms with Crippen molar-refractivity contribution in [3.63, 3.8) is 0 Å². The molecule has 1 aliphatic carbocycles. The Hall–Kier alpha value is -0.0400. The van der Waals surface area contributed by atoms with Crippen LogP contribution in [0, 0.1) is 11.3 Å². The zero-order chi connectivity index (χ0) is 6.11. The van der Waals surface area contributed by atoms with Gasteiger partial charge >= 0.3 is 0 Å². The van der Waals surface area contributed by atoms with Crippen LogP contribution in [0.4, 0.5) is 0 Å². The summed E-state index contributed by atoms with van der Waals surface area (Å²) in [6.45, 7) is 8.55. The second-order valence-corrected chi connectivity index (χ2v) is 4.68. The van der Waals surface area contributed by atoms with Gasteiger partial charge in [0.15, 0.2) is 0 Å². The predicted octanol–water partition coefficient (Wildman–Crippen LogP) is 0.857. The summed E-state index contributed by atoms with van der Waals surface area (Å²) in [6, 6.07) is 0. The van der Waals surface area contributed by atoms with E-state index in [9.17, 15) is 0 Å². The number of piperidine rings is 1. The fourth-order valence-corrected chi connectivity index (χ4v) is 2.76. The first kappa shape index (κ1) is 4.73. The molecule has 2 atom stereocenters. The highest BCUT2D eigenvalue weighted by Crippen LogP contribution is 2.61. The lowest BCUT2D eigenvalue weighted by molar-refractivity contribution is -0.793. The van der Waals surface area contributed by atoms with Crippen LogP contribution in [0.2, 0.25) is 0 Å². The molecule has 1 saturated carbocycles. The Morgan fingerprint density at radius 2 is 2.22 bits per heavy atom. The van der Waals surface area contributed by atoms with Gasteiger partial charge in [-0.15, -0.1) is 0 Å². The highest BCUT2D eigenvalue weighted by molar-refractivity contribution is 5.04. The van der Waals surface area contributed by atoms with Crippen molar-refractivity contribution in [2.45, 2.75) is 13.3 Å². The zero-order valence-electron chi connectivity index (χ0n) is 6.06. The monoisotopic (exact) mass is 124 g/mol. The molecule has 2 saturated heterocycles. The molecule has 1 heteroatoms. The van der Waals surface area contributed by atoms with Gasteiger partial charge in [0, 0.05) is 11.3 Å². The largest absolute Gasteiger partial charge is 0.314 e. The summed E-state index contributed by atoms with van der Waals surface area (Å²) in [4.78, 5) is 0. The molecular weight excluding hydrogens is 110 g/mol. The molecule has 50 valence electrons. The number of hydrogen-bond acceptors (Lipinski definition) is 0. The molecular formula is C8H14N+. The van der Waals surface area contributed by atoms with Crippen molar-refractivity contribution >= 4 is 0 Å². The van der Waals surface area contributed by atoms with Gasteiger partial charge in [-0.3, -0.25) is 0 Å². The van der Waals surface area contributed by atoms with Gasteiger partial charge in [-0.05, 0) is 6.42 Å². The van der Waals surface area contributed by atoms with Crippen LogP contribution in [0.15, 0.2) is 0 Å². The molecule has 0 radical (unpaired) electrons. The van der Waals surface area contributed by atoms with Crippen LogP contribution >= 0.6 is 0 Å². The van der Waals surface area contributed by atoms with Crippen molar-refractivity contribution in [3.05, 3.63) is 0 Å². The fourth-order valence-electron chi connectivity index (χ4n) is 2.76. The molecule has 0 bridgehead atoms. The SMILES string of the molecule is C[C@@]12CC1C[N+]1(CC1)C2. The summed E-state index contributed by atoms with van der Waals surface area (Å²) in [5.41, 5.74) is 0.830. The van der Waals surface area contributed by atoms with Gasteiger partial charge in [-0.2, -0.15) is 0 Å². The lowest BCUT2D eigenvalue weighted by Crippen LogP contribution is -2.26. The average Bonchev–Trinajstić information content (AvgIpc) is 2.57. The number of hydrogen-bond donors (Lipinski definition) is 0. The van der Waals surface area contributed by atoms with Crippen molar-refractivity contribution in [2.24, 2.45) is 11.3 Å². The number of fused-ring (bicyclic) bond motifs is 1. The highest BCUT2D eigenvalue weighted by Gasteiger charge is 2.68. The molecule has 0 aromatic carbocycles. The normalized spacial score (nSPS) is 57.7. The van der Waals surface area contributed by atoms with E-state index >= 15 is 0 Å². The smallest absolute Gasteiger partial charge is 0.129 e. The summed E-state index contributed by atoms with van der Waals surface area (Å²) >= 11 is 0. The van der Waals surface area contributed by atoms with Crippen molar-refractivity contribution in [1.29, 1.82) is 0 Å². The summed E-state index contributed by atoms with van der Waals surface area (Å²) in [5, 5.41) is 0. The summed E-state index contributed by atoms with van der Waals surface area (Å²) in [7, 11) is 0. The Morgan fingerprint density at radius 3 is 2.56 bits per heavy atom. The Labute approximate surface area is 56.2 Å². The van der Waals surface area contributed by atoms with E-state index in [4.69, 9.17) is 0 Å². The zero-order valence-corrected chi connectivity index (χ0v) is 6.06. The van der Waals surface area contributed by atoms with Crippen LogP contribution in [0.25, 0.3) is 0 Å². The average molecular weight is 124 g/mol. The Kier molecular flexibility index (Phi) is 0.508. The van der Waals surface area contributed by atoms with Crippen molar-refractivity contribution in [3.8, 4) is 0 Å². The molecule has 0 amide bonds. The van der Waals surface area contributed by atoms with E-state index in [1.165, 1.54) is 30.7 Å². The van der Waals surface area contributed by atoms with Crippen LogP contribution < -0.4 is 0 Å². The van der Waals surface area contributed by atoms with E-state index in [1.54, 1.807) is 6.42 Å². The molecule has 0 N–H and O–H groups in total. The molecule has 1 nitrogen and oxygen atoms in total. The van der Waals surface area contributed by atoms with Gasteiger partial charge in [0.1, 0.15) is 13.1 Å². The van der Waals surface area contributed by atoms with Crippen LogP contribution in [0.5, 0.6) is 0 Å². The third-order valence-electron chi connectivity index (χ3n) is 3.70. The molecule has 2 aliphatic heterocycles. The van der Waals surface area contributed by atoms with E-state index in [0.717, 1.165) is 11.3 Å². The van der Waals surface area contributed by atoms with Crippen molar-refractivity contribution < 1.29 is 4.48 Å². The van der Waals surface area contributed by atoms with Gasteiger partial charge in [0.05, 0.1) is 13.1 Å². The Balaban J connectivity index is 1.91. The summed E-state index contributed by atoms with van der Waals surface area (Å²) in [6.07, 6.45) is 1.55. The standard InChI is InChI=1S/C8H14N/c1-8-4-7(8)5-9(6-8)2-3-9/h7H,2-6H2,1H3/q+1/t7?,8-/m0/s1. The minimum atomic E-state index is 0.830. The molecule has 0 aromatic heterocycles. The number of rotatable bonds is 0. The maximum Gasteiger partial charge on any atom is 0.129 e. The van der Waals surface area contributed by atoms with Crippen LogP contribution in [-0.4, -0.2) is 30.7 Å². The first-order valence-electron chi connectivity index (χ1n) is 4.08. The van der Waals surface area contributed by atoms with Crippen LogP contribution in [-0.2, 0) is 0 Å². The maximum atomic E-state index is 2.48. The van der Waals surface area contributed by atoms with Crippen LogP contribution in [0.3, 0.4) is 0 Å². The third kappa shape index (κ3) is 0.454. The maximum absolute atomic E-state index is 2.48. The van der Waals surface area contributed by atoms with E-state index in [-0.39, 0.29) is 0 Å². The molecule has 0 aromatic rings. The first-order valence-corrected chi connectivity index (χ1v) is 4.08. The van der Waals surface area contributed by atoms with Gasteiger partial charge < -0.3 is 4.48 Å². The lowest BCUT2D eigenvalue weighted by Gasteiger charge is -2.13. The van der Waals surface area contributed by atoms with Crippen LogP contribution in [0.1, 0.15) is 13.3 Å². The minimum absolute atomic E-state index is 0.830. The number of nitrogens with zero attached hydrogens (tertiary/aromatic N) is 1. The molecule has 3 aliphatic rings. The Morgan fingerprint density at radius 1 is 1.44 bits per heavy atom. The predicted molar refractivity (Wildman–Crippen MR) is 35.9 cm³/mol. The fraction of sp³-hybridized carbons (Fsp3) is 1.00. The highest BCUT2D eigenvalue weighted by atomic mass is 15.5. The number of quaternary nitrogens is 1. The summed E-state index contributed by atoms with van der Waals surface area (Å²) in [5.74, 6) is 1.14. The quantitative estimate of drug-likeness (QED) is 0.332. The van der Waals surface area contributed by atoms with E-state index in [2.05, 4.69) is 6.92 Å². The topological polar surface area (TPSA) is 0 Å². The Bertz CT molecular complexity index is 171. The van der Waals surface area contributed by atoms with Crippen molar-refractivity contribution in [2.75, 3.05) is 26.2 Å². The van der Waals surface area contributed by atoms with Gasteiger partial charge in [0.2, 0.25) is 0 Å². The molecule has 1 unspecified atom stereocenters. The molecule has 3 fully saturated rings. The second kappa shape index (κ2) is 0.968. The van der Waals surface area contributed by atoms with E-state index in [0.29, 0.717) is 0 Å². The molecule has 1 spiro atoms. The van der Waals surface area contributed by atoms with Gasteiger partial charge in [0.25, 0.3) is 0 Å². The van der Waals surface area contributed by atoms with E-state index in [1.807, 2.05) is 0 Å². The van der Waals surface area contributed by atoms with E-state index < -0.39 is 0 Å².